The molecule has 0 atom stereocenters. The van der Waals surface area contributed by atoms with E-state index in [-0.39, 0.29) is 5.56 Å². The summed E-state index contributed by atoms with van der Waals surface area (Å²) in [6.45, 7) is 4.07. The van der Waals surface area contributed by atoms with Gasteiger partial charge in [0.15, 0.2) is 17.3 Å². The lowest BCUT2D eigenvalue weighted by atomic mass is 10.2. The van der Waals surface area contributed by atoms with Gasteiger partial charge < -0.3 is 14.2 Å². The first-order valence-corrected chi connectivity index (χ1v) is 9.92. The fourth-order valence-electron chi connectivity index (χ4n) is 2.98. The third-order valence-corrected chi connectivity index (χ3v) is 5.34. The van der Waals surface area contributed by atoms with Gasteiger partial charge in [-0.25, -0.2) is 0 Å². The van der Waals surface area contributed by atoms with E-state index >= 15 is 0 Å². The summed E-state index contributed by atoms with van der Waals surface area (Å²) in [6, 6.07) is 12.9. The third kappa shape index (κ3) is 3.65. The molecule has 4 aromatic rings. The molecular formula is C22H19N3O4S. The van der Waals surface area contributed by atoms with Gasteiger partial charge >= 0.3 is 0 Å². The van der Waals surface area contributed by atoms with Crippen LogP contribution >= 0.6 is 11.3 Å². The number of thiazole rings is 1. The van der Waals surface area contributed by atoms with Crippen molar-refractivity contribution in [3.63, 3.8) is 0 Å². The van der Waals surface area contributed by atoms with Gasteiger partial charge in [0.05, 0.1) is 18.8 Å². The Morgan fingerprint density at radius 2 is 1.93 bits per heavy atom. The number of aromatic nitrogens is 3. The van der Waals surface area contributed by atoms with Crippen LogP contribution in [0.2, 0.25) is 0 Å². The molecule has 0 spiro atoms. The second-order valence-corrected chi connectivity index (χ2v) is 7.26. The van der Waals surface area contributed by atoms with Crippen molar-refractivity contribution in [1.29, 1.82) is 0 Å². The summed E-state index contributed by atoms with van der Waals surface area (Å²) in [5.41, 5.74) is 1.31. The highest BCUT2D eigenvalue weighted by Gasteiger charge is 2.13. The number of fused-ring (bicyclic) bond motifs is 1. The van der Waals surface area contributed by atoms with Crippen LogP contribution in [0.15, 0.2) is 59.9 Å². The molecule has 0 aliphatic rings. The zero-order chi connectivity index (χ0) is 21.1. The highest BCUT2D eigenvalue weighted by atomic mass is 32.1. The molecule has 0 aliphatic carbocycles. The number of hydrogen-bond donors (Lipinski definition) is 0. The zero-order valence-corrected chi connectivity index (χ0v) is 17.3. The molecule has 7 nitrogen and oxygen atoms in total. The fraction of sp³-hybridized carbons (Fsp3) is 0.136. The van der Waals surface area contributed by atoms with Crippen molar-refractivity contribution in [3.05, 3.63) is 75.6 Å². The minimum Gasteiger partial charge on any atom is -0.493 e. The monoisotopic (exact) mass is 421 g/mol. The number of hydrogen-bond acceptors (Lipinski definition) is 7. The van der Waals surface area contributed by atoms with E-state index in [1.54, 1.807) is 32.4 Å². The Labute approximate surface area is 176 Å². The maximum atomic E-state index is 12.8. The summed E-state index contributed by atoms with van der Waals surface area (Å²) >= 11 is 1.27. The molecule has 2 heterocycles. The standard InChI is InChI=1S/C22H19N3O4S/c1-4-12-29-16-10-8-14(9-11-16)20-23-22-25(24-20)21(26)18(30-22)13-15-6-5-7-17(27-2)19(15)28-3/h4-11,13H,1,12H2,2-3H3/b18-13+. The predicted octanol–water partition coefficient (Wildman–Crippen LogP) is 2.95. The van der Waals surface area contributed by atoms with E-state index in [1.807, 2.05) is 36.4 Å². The number of ether oxygens (including phenoxy) is 3. The lowest BCUT2D eigenvalue weighted by molar-refractivity contribution is 0.354. The van der Waals surface area contributed by atoms with Crippen LogP contribution in [-0.2, 0) is 0 Å². The van der Waals surface area contributed by atoms with E-state index < -0.39 is 0 Å². The molecular weight excluding hydrogens is 402 g/mol. The maximum absolute atomic E-state index is 12.8. The largest absolute Gasteiger partial charge is 0.493 e. The molecule has 0 saturated heterocycles. The first kappa shape index (κ1) is 19.7. The number of benzene rings is 2. The molecule has 4 rings (SSSR count). The summed E-state index contributed by atoms with van der Waals surface area (Å²) in [6.07, 6.45) is 3.45. The van der Waals surface area contributed by atoms with Crippen molar-refractivity contribution in [2.24, 2.45) is 0 Å². The summed E-state index contributed by atoms with van der Waals surface area (Å²) in [4.78, 5) is 17.9. The van der Waals surface area contributed by atoms with Crippen LogP contribution in [0.3, 0.4) is 0 Å². The van der Waals surface area contributed by atoms with Gasteiger partial charge in [-0.2, -0.15) is 9.50 Å². The first-order chi connectivity index (χ1) is 14.6. The topological polar surface area (TPSA) is 75.0 Å². The Balaban J connectivity index is 1.71. The minimum atomic E-state index is -0.232. The Morgan fingerprint density at radius 1 is 1.13 bits per heavy atom. The Morgan fingerprint density at radius 3 is 2.60 bits per heavy atom. The van der Waals surface area contributed by atoms with Crippen molar-refractivity contribution in [2.75, 3.05) is 20.8 Å². The maximum Gasteiger partial charge on any atom is 0.291 e. The van der Waals surface area contributed by atoms with Gasteiger partial charge in [0, 0.05) is 11.1 Å². The second-order valence-electron chi connectivity index (χ2n) is 6.25. The normalized spacial score (nSPS) is 11.6. The highest BCUT2D eigenvalue weighted by molar-refractivity contribution is 7.15. The molecule has 0 fully saturated rings. The molecule has 0 unspecified atom stereocenters. The number of methoxy groups -OCH3 is 2. The van der Waals surface area contributed by atoms with E-state index in [9.17, 15) is 4.79 Å². The van der Waals surface area contributed by atoms with E-state index in [0.29, 0.717) is 33.4 Å². The smallest absolute Gasteiger partial charge is 0.291 e. The minimum absolute atomic E-state index is 0.232. The molecule has 0 aliphatic heterocycles. The molecule has 152 valence electrons. The number of para-hydroxylation sites is 1. The van der Waals surface area contributed by atoms with E-state index in [1.165, 1.54) is 15.9 Å². The van der Waals surface area contributed by atoms with Crippen molar-refractivity contribution in [2.45, 2.75) is 0 Å². The summed E-state index contributed by atoms with van der Waals surface area (Å²) < 4.78 is 18.1. The van der Waals surface area contributed by atoms with Crippen LogP contribution in [-0.4, -0.2) is 35.4 Å². The second kappa shape index (κ2) is 8.38. The Bertz CT molecular complexity index is 1310. The fourth-order valence-corrected chi connectivity index (χ4v) is 3.88. The molecule has 8 heteroatoms. The Hall–Kier alpha value is -3.65. The van der Waals surface area contributed by atoms with Crippen molar-refractivity contribution < 1.29 is 14.2 Å². The molecule has 30 heavy (non-hydrogen) atoms. The van der Waals surface area contributed by atoms with Gasteiger partial charge in [-0.05, 0) is 36.4 Å². The quantitative estimate of drug-likeness (QED) is 0.427. The van der Waals surface area contributed by atoms with E-state index in [2.05, 4.69) is 16.7 Å². The van der Waals surface area contributed by atoms with Crippen molar-refractivity contribution in [3.8, 4) is 28.6 Å². The number of rotatable bonds is 7. The summed E-state index contributed by atoms with van der Waals surface area (Å²) in [7, 11) is 3.14. The van der Waals surface area contributed by atoms with Gasteiger partial charge in [-0.15, -0.1) is 5.10 Å². The number of nitrogens with zero attached hydrogens (tertiary/aromatic N) is 3. The van der Waals surface area contributed by atoms with Gasteiger partial charge in [0.1, 0.15) is 12.4 Å². The van der Waals surface area contributed by atoms with Crippen molar-refractivity contribution >= 4 is 22.4 Å². The van der Waals surface area contributed by atoms with Crippen LogP contribution in [0.4, 0.5) is 0 Å². The first-order valence-electron chi connectivity index (χ1n) is 9.11. The SMILES string of the molecule is C=CCOc1ccc(-c2nc3s/c(=C/c4cccc(OC)c4OC)c(=O)n3n2)cc1. The summed E-state index contributed by atoms with van der Waals surface area (Å²) in [5, 5.41) is 4.38. The van der Waals surface area contributed by atoms with Gasteiger partial charge in [0.2, 0.25) is 4.96 Å². The zero-order valence-electron chi connectivity index (χ0n) is 16.5. The predicted molar refractivity (Wildman–Crippen MR) is 117 cm³/mol. The Kier molecular flexibility index (Phi) is 5.49. The molecule has 0 amide bonds. The molecule has 0 bridgehead atoms. The molecule has 0 N–H and O–H groups in total. The summed E-state index contributed by atoms with van der Waals surface area (Å²) in [5.74, 6) is 2.38. The van der Waals surface area contributed by atoms with Gasteiger partial charge in [-0.1, -0.05) is 36.1 Å². The molecule has 0 radical (unpaired) electrons. The van der Waals surface area contributed by atoms with Crippen LogP contribution in [0.5, 0.6) is 17.2 Å². The lowest BCUT2D eigenvalue weighted by Crippen LogP contribution is -2.23. The average Bonchev–Trinajstić information content (AvgIpc) is 3.32. The van der Waals surface area contributed by atoms with Crippen LogP contribution in [0.1, 0.15) is 5.56 Å². The van der Waals surface area contributed by atoms with Gasteiger partial charge in [-0.3, -0.25) is 4.79 Å². The van der Waals surface area contributed by atoms with Crippen LogP contribution < -0.4 is 24.3 Å². The molecule has 2 aromatic heterocycles. The van der Waals surface area contributed by atoms with E-state index in [4.69, 9.17) is 14.2 Å². The van der Waals surface area contributed by atoms with Crippen molar-refractivity contribution in [1.82, 2.24) is 14.6 Å². The highest BCUT2D eigenvalue weighted by Crippen LogP contribution is 2.31. The lowest BCUT2D eigenvalue weighted by Gasteiger charge is -2.09. The third-order valence-electron chi connectivity index (χ3n) is 4.38. The molecule has 0 saturated carbocycles. The van der Waals surface area contributed by atoms with Crippen LogP contribution in [0.25, 0.3) is 22.4 Å². The van der Waals surface area contributed by atoms with E-state index in [0.717, 1.165) is 16.9 Å². The molecule has 2 aromatic carbocycles. The van der Waals surface area contributed by atoms with Crippen LogP contribution in [0, 0.1) is 0 Å². The average molecular weight is 421 g/mol. The van der Waals surface area contributed by atoms with Gasteiger partial charge in [0.25, 0.3) is 5.56 Å².